The summed E-state index contributed by atoms with van der Waals surface area (Å²) in [5.74, 6) is 1.79. The van der Waals surface area contributed by atoms with Gasteiger partial charge in [0.05, 0.1) is 5.69 Å². The first-order chi connectivity index (χ1) is 9.16. The fourth-order valence-corrected chi connectivity index (χ4v) is 2.83. The molecule has 2 heterocycles. The molecule has 0 saturated heterocycles. The molecule has 1 N–H and O–H groups in total. The van der Waals surface area contributed by atoms with Gasteiger partial charge in [0.2, 0.25) is 0 Å². The largest absolute Gasteiger partial charge is 0.331 e. The third kappa shape index (κ3) is 4.18. The van der Waals surface area contributed by atoms with E-state index in [1.807, 2.05) is 17.5 Å². The fraction of sp³-hybridized carbons (Fsp3) is 0.533. The van der Waals surface area contributed by atoms with Crippen molar-refractivity contribution in [2.45, 2.75) is 40.3 Å². The van der Waals surface area contributed by atoms with Gasteiger partial charge in [0.15, 0.2) is 0 Å². The van der Waals surface area contributed by atoms with E-state index in [0.29, 0.717) is 5.92 Å². The summed E-state index contributed by atoms with van der Waals surface area (Å²) in [7, 11) is 0. The van der Waals surface area contributed by atoms with E-state index in [4.69, 9.17) is 0 Å². The number of nitrogens with zero attached hydrogens (tertiary/aromatic N) is 2. The van der Waals surface area contributed by atoms with E-state index in [1.54, 1.807) is 0 Å². The Labute approximate surface area is 119 Å². The summed E-state index contributed by atoms with van der Waals surface area (Å²) in [6.07, 6.45) is 3.09. The quantitative estimate of drug-likeness (QED) is 0.842. The maximum absolute atomic E-state index is 4.44. The summed E-state index contributed by atoms with van der Waals surface area (Å²) in [4.78, 5) is 5.88. The van der Waals surface area contributed by atoms with Gasteiger partial charge in [-0.05, 0) is 37.3 Å². The summed E-state index contributed by atoms with van der Waals surface area (Å²) in [6.45, 7) is 9.52. The molecule has 0 aromatic carbocycles. The number of imidazole rings is 1. The number of rotatable bonds is 7. The van der Waals surface area contributed by atoms with Gasteiger partial charge in [-0.15, -0.1) is 11.3 Å². The zero-order valence-corrected chi connectivity index (χ0v) is 12.8. The third-order valence-electron chi connectivity index (χ3n) is 3.16. The molecule has 0 amide bonds. The molecule has 0 unspecified atom stereocenters. The van der Waals surface area contributed by atoms with Crippen LogP contribution in [-0.4, -0.2) is 16.1 Å². The maximum atomic E-state index is 4.44. The standard InChI is InChI=1S/C15H23N3S/c1-12(2)9-16-10-14-11-17-13(3)18(14)7-6-15-5-4-8-19-15/h4-5,8,11-12,16H,6-7,9-10H2,1-3H3. The Balaban J connectivity index is 1.93. The average molecular weight is 277 g/mol. The van der Waals surface area contributed by atoms with Crippen LogP contribution < -0.4 is 5.32 Å². The zero-order valence-electron chi connectivity index (χ0n) is 12.0. The van der Waals surface area contributed by atoms with E-state index >= 15 is 0 Å². The molecule has 0 radical (unpaired) electrons. The first-order valence-corrected chi connectivity index (χ1v) is 7.79. The lowest BCUT2D eigenvalue weighted by Crippen LogP contribution is -2.21. The summed E-state index contributed by atoms with van der Waals surface area (Å²) in [6, 6.07) is 4.32. The minimum absolute atomic E-state index is 0.684. The molecule has 0 atom stereocenters. The molecule has 0 aliphatic rings. The van der Waals surface area contributed by atoms with Gasteiger partial charge in [-0.2, -0.15) is 0 Å². The SMILES string of the molecule is Cc1ncc(CNCC(C)C)n1CCc1cccs1. The first kappa shape index (κ1) is 14.3. The number of nitrogens with one attached hydrogen (secondary N) is 1. The Kier molecular flexibility index (Phi) is 5.16. The Hall–Kier alpha value is -1.13. The van der Waals surface area contributed by atoms with Crippen molar-refractivity contribution in [1.29, 1.82) is 0 Å². The van der Waals surface area contributed by atoms with E-state index in [-0.39, 0.29) is 0 Å². The second kappa shape index (κ2) is 6.87. The molecule has 0 aliphatic heterocycles. The summed E-state index contributed by atoms with van der Waals surface area (Å²) >= 11 is 1.83. The molecule has 0 aliphatic carbocycles. The molecule has 19 heavy (non-hydrogen) atoms. The van der Waals surface area contributed by atoms with E-state index in [1.165, 1.54) is 10.6 Å². The lowest BCUT2D eigenvalue weighted by atomic mass is 10.2. The molecule has 2 aromatic heterocycles. The van der Waals surface area contributed by atoms with E-state index < -0.39 is 0 Å². The van der Waals surface area contributed by atoms with Crippen LogP contribution in [-0.2, 0) is 19.5 Å². The van der Waals surface area contributed by atoms with E-state index in [9.17, 15) is 0 Å². The minimum atomic E-state index is 0.684. The molecule has 3 nitrogen and oxygen atoms in total. The number of thiophene rings is 1. The predicted molar refractivity (Wildman–Crippen MR) is 81.5 cm³/mol. The zero-order chi connectivity index (χ0) is 13.7. The van der Waals surface area contributed by atoms with Crippen molar-refractivity contribution < 1.29 is 0 Å². The number of hydrogen-bond acceptors (Lipinski definition) is 3. The monoisotopic (exact) mass is 277 g/mol. The lowest BCUT2D eigenvalue weighted by Gasteiger charge is -2.11. The highest BCUT2D eigenvalue weighted by Crippen LogP contribution is 2.12. The predicted octanol–water partition coefficient (Wildman–Crippen LogP) is 3.24. The van der Waals surface area contributed by atoms with Crippen LogP contribution >= 0.6 is 11.3 Å². The highest BCUT2D eigenvalue weighted by molar-refractivity contribution is 7.09. The van der Waals surface area contributed by atoms with Gasteiger partial charge in [-0.25, -0.2) is 4.98 Å². The van der Waals surface area contributed by atoms with Crippen LogP contribution in [0, 0.1) is 12.8 Å². The molecule has 0 bridgehead atoms. The Morgan fingerprint density at radius 3 is 2.95 bits per heavy atom. The topological polar surface area (TPSA) is 29.9 Å². The van der Waals surface area contributed by atoms with Gasteiger partial charge in [0, 0.05) is 24.2 Å². The summed E-state index contributed by atoms with van der Waals surface area (Å²) < 4.78 is 2.33. The first-order valence-electron chi connectivity index (χ1n) is 6.91. The molecule has 4 heteroatoms. The van der Waals surface area contributed by atoms with Crippen LogP contribution in [0.15, 0.2) is 23.7 Å². The van der Waals surface area contributed by atoms with Gasteiger partial charge in [0.25, 0.3) is 0 Å². The molecule has 2 aromatic rings. The average Bonchev–Trinajstić information content (AvgIpc) is 2.97. The summed E-state index contributed by atoms with van der Waals surface area (Å²) in [5.41, 5.74) is 1.29. The van der Waals surface area contributed by atoms with E-state index in [2.05, 4.69) is 53.2 Å². The highest BCUT2D eigenvalue weighted by Gasteiger charge is 2.07. The van der Waals surface area contributed by atoms with Crippen molar-refractivity contribution in [3.63, 3.8) is 0 Å². The molecule has 104 valence electrons. The lowest BCUT2D eigenvalue weighted by molar-refractivity contribution is 0.532. The maximum Gasteiger partial charge on any atom is 0.105 e. The normalized spacial score (nSPS) is 11.4. The van der Waals surface area contributed by atoms with Crippen LogP contribution in [0.3, 0.4) is 0 Å². The molecule has 0 spiro atoms. The second-order valence-corrected chi connectivity index (χ2v) is 6.33. The summed E-state index contributed by atoms with van der Waals surface area (Å²) in [5, 5.41) is 5.63. The Morgan fingerprint density at radius 1 is 1.42 bits per heavy atom. The van der Waals surface area contributed by atoms with Gasteiger partial charge < -0.3 is 9.88 Å². The molecule has 0 fully saturated rings. The van der Waals surface area contributed by atoms with Gasteiger partial charge in [-0.1, -0.05) is 19.9 Å². The van der Waals surface area contributed by atoms with Crippen molar-refractivity contribution in [3.05, 3.63) is 40.1 Å². The van der Waals surface area contributed by atoms with E-state index in [0.717, 1.165) is 31.9 Å². The van der Waals surface area contributed by atoms with Crippen LogP contribution in [0.5, 0.6) is 0 Å². The minimum Gasteiger partial charge on any atom is -0.331 e. The third-order valence-corrected chi connectivity index (χ3v) is 4.09. The van der Waals surface area contributed by atoms with Gasteiger partial charge in [-0.3, -0.25) is 0 Å². The van der Waals surface area contributed by atoms with Crippen molar-refractivity contribution in [2.75, 3.05) is 6.54 Å². The van der Waals surface area contributed by atoms with Crippen LogP contribution in [0.2, 0.25) is 0 Å². The second-order valence-electron chi connectivity index (χ2n) is 5.30. The van der Waals surface area contributed by atoms with Crippen molar-refractivity contribution in [2.24, 2.45) is 5.92 Å². The number of hydrogen-bond donors (Lipinski definition) is 1. The van der Waals surface area contributed by atoms with Crippen LogP contribution in [0.1, 0.15) is 30.2 Å². The fourth-order valence-electron chi connectivity index (χ4n) is 2.13. The number of aromatic nitrogens is 2. The molecule has 0 saturated carbocycles. The molecular formula is C15H23N3S. The Morgan fingerprint density at radius 2 is 2.26 bits per heavy atom. The number of aryl methyl sites for hydroxylation is 2. The highest BCUT2D eigenvalue weighted by atomic mass is 32.1. The van der Waals surface area contributed by atoms with Gasteiger partial charge in [0.1, 0.15) is 5.82 Å². The van der Waals surface area contributed by atoms with Crippen molar-refractivity contribution >= 4 is 11.3 Å². The van der Waals surface area contributed by atoms with Crippen molar-refractivity contribution in [3.8, 4) is 0 Å². The van der Waals surface area contributed by atoms with Crippen LogP contribution in [0.25, 0.3) is 0 Å². The van der Waals surface area contributed by atoms with Crippen molar-refractivity contribution in [1.82, 2.24) is 14.9 Å². The van der Waals surface area contributed by atoms with Crippen LogP contribution in [0.4, 0.5) is 0 Å². The smallest absolute Gasteiger partial charge is 0.105 e. The van der Waals surface area contributed by atoms with Gasteiger partial charge >= 0.3 is 0 Å². The molecule has 2 rings (SSSR count). The Bertz CT molecular complexity index is 485. The molecular weight excluding hydrogens is 254 g/mol.